The molecule has 0 saturated carbocycles. The SMILES string of the molecule is COC1CCN(c2cc(CN)cc(C)n2)C1. The van der Waals surface area contributed by atoms with Crippen LogP contribution in [0.25, 0.3) is 0 Å². The third-order valence-corrected chi connectivity index (χ3v) is 3.04. The molecule has 1 unspecified atom stereocenters. The molecule has 0 aromatic carbocycles. The van der Waals surface area contributed by atoms with Crippen molar-refractivity contribution < 1.29 is 4.74 Å². The molecule has 16 heavy (non-hydrogen) atoms. The molecule has 1 aromatic rings. The Morgan fingerprint density at radius 3 is 3.00 bits per heavy atom. The van der Waals surface area contributed by atoms with Gasteiger partial charge in [-0.15, -0.1) is 0 Å². The molecule has 1 aliphatic heterocycles. The standard InChI is InChI=1S/C12H19N3O/c1-9-5-10(7-13)6-12(14-9)15-4-3-11(8-15)16-2/h5-6,11H,3-4,7-8,13H2,1-2H3. The van der Waals surface area contributed by atoms with E-state index in [0.717, 1.165) is 36.6 Å². The molecule has 2 rings (SSSR count). The molecule has 0 spiro atoms. The quantitative estimate of drug-likeness (QED) is 0.829. The lowest BCUT2D eigenvalue weighted by atomic mass is 10.2. The Morgan fingerprint density at radius 2 is 2.38 bits per heavy atom. The number of hydrogen-bond acceptors (Lipinski definition) is 4. The maximum atomic E-state index is 5.67. The molecule has 1 fully saturated rings. The van der Waals surface area contributed by atoms with Gasteiger partial charge in [0.1, 0.15) is 5.82 Å². The summed E-state index contributed by atoms with van der Waals surface area (Å²) in [7, 11) is 1.77. The van der Waals surface area contributed by atoms with Gasteiger partial charge in [-0.1, -0.05) is 0 Å². The number of nitrogens with zero attached hydrogens (tertiary/aromatic N) is 2. The molecule has 1 aliphatic rings. The number of ether oxygens (including phenoxy) is 1. The molecule has 0 radical (unpaired) electrons. The maximum absolute atomic E-state index is 5.67. The normalized spacial score (nSPS) is 20.4. The average Bonchev–Trinajstić information content (AvgIpc) is 2.76. The Morgan fingerprint density at radius 1 is 1.56 bits per heavy atom. The van der Waals surface area contributed by atoms with Crippen LogP contribution in [0, 0.1) is 6.92 Å². The van der Waals surface area contributed by atoms with Crippen LogP contribution in [0.4, 0.5) is 5.82 Å². The summed E-state index contributed by atoms with van der Waals surface area (Å²) in [5.41, 5.74) is 7.84. The number of hydrogen-bond donors (Lipinski definition) is 1. The fraction of sp³-hybridized carbons (Fsp3) is 0.583. The van der Waals surface area contributed by atoms with Crippen molar-refractivity contribution in [1.82, 2.24) is 4.98 Å². The molecule has 1 saturated heterocycles. The fourth-order valence-electron chi connectivity index (χ4n) is 2.13. The molecular formula is C12H19N3O. The highest BCUT2D eigenvalue weighted by Gasteiger charge is 2.23. The zero-order valence-corrected chi connectivity index (χ0v) is 9.94. The zero-order valence-electron chi connectivity index (χ0n) is 9.94. The summed E-state index contributed by atoms with van der Waals surface area (Å²) in [5.74, 6) is 1.03. The Bertz CT molecular complexity index is 367. The highest BCUT2D eigenvalue weighted by molar-refractivity contribution is 5.43. The van der Waals surface area contributed by atoms with Crippen LogP contribution < -0.4 is 10.6 Å². The van der Waals surface area contributed by atoms with E-state index < -0.39 is 0 Å². The molecule has 4 heteroatoms. The molecular weight excluding hydrogens is 202 g/mol. The summed E-state index contributed by atoms with van der Waals surface area (Å²) in [4.78, 5) is 6.81. The van der Waals surface area contributed by atoms with E-state index in [0.29, 0.717) is 12.6 Å². The lowest BCUT2D eigenvalue weighted by Crippen LogP contribution is -2.23. The summed E-state index contributed by atoms with van der Waals surface area (Å²) < 4.78 is 5.36. The van der Waals surface area contributed by atoms with E-state index in [1.54, 1.807) is 7.11 Å². The van der Waals surface area contributed by atoms with E-state index in [1.807, 2.05) is 13.0 Å². The van der Waals surface area contributed by atoms with Crippen molar-refractivity contribution in [3.8, 4) is 0 Å². The Kier molecular flexibility index (Phi) is 3.41. The Hall–Kier alpha value is -1.13. The first-order chi connectivity index (χ1) is 7.72. The van der Waals surface area contributed by atoms with E-state index >= 15 is 0 Å². The third-order valence-electron chi connectivity index (χ3n) is 3.04. The second-order valence-corrected chi connectivity index (χ2v) is 4.27. The minimum atomic E-state index is 0.337. The number of rotatable bonds is 3. The van der Waals surface area contributed by atoms with Gasteiger partial charge in [0.05, 0.1) is 6.10 Å². The van der Waals surface area contributed by atoms with Gasteiger partial charge in [-0.3, -0.25) is 0 Å². The van der Waals surface area contributed by atoms with Gasteiger partial charge >= 0.3 is 0 Å². The van der Waals surface area contributed by atoms with E-state index in [9.17, 15) is 0 Å². The van der Waals surface area contributed by atoms with E-state index in [1.165, 1.54) is 0 Å². The molecule has 2 heterocycles. The molecule has 0 aliphatic carbocycles. The van der Waals surface area contributed by atoms with Crippen LogP contribution >= 0.6 is 0 Å². The van der Waals surface area contributed by atoms with Crippen LogP contribution in [0.15, 0.2) is 12.1 Å². The van der Waals surface area contributed by atoms with Gasteiger partial charge in [0.25, 0.3) is 0 Å². The van der Waals surface area contributed by atoms with Crippen LogP contribution in [0.1, 0.15) is 17.7 Å². The minimum absolute atomic E-state index is 0.337. The minimum Gasteiger partial charge on any atom is -0.380 e. The number of methoxy groups -OCH3 is 1. The average molecular weight is 221 g/mol. The summed E-state index contributed by atoms with van der Waals surface area (Å²) in [6.45, 7) is 4.51. The highest BCUT2D eigenvalue weighted by atomic mass is 16.5. The van der Waals surface area contributed by atoms with Crippen molar-refractivity contribution in [3.63, 3.8) is 0 Å². The molecule has 1 atom stereocenters. The number of aryl methyl sites for hydroxylation is 1. The van der Waals surface area contributed by atoms with E-state index in [2.05, 4.69) is 16.0 Å². The van der Waals surface area contributed by atoms with Crippen LogP contribution in [0.2, 0.25) is 0 Å². The van der Waals surface area contributed by atoms with Gasteiger partial charge in [0, 0.05) is 32.4 Å². The smallest absolute Gasteiger partial charge is 0.129 e. The first-order valence-electron chi connectivity index (χ1n) is 5.68. The summed E-state index contributed by atoms with van der Waals surface area (Å²) >= 11 is 0. The largest absolute Gasteiger partial charge is 0.380 e. The van der Waals surface area contributed by atoms with Gasteiger partial charge in [-0.05, 0) is 31.0 Å². The number of aromatic nitrogens is 1. The molecule has 0 amide bonds. The van der Waals surface area contributed by atoms with Crippen LogP contribution in [-0.2, 0) is 11.3 Å². The van der Waals surface area contributed by atoms with Crippen molar-refractivity contribution in [1.29, 1.82) is 0 Å². The van der Waals surface area contributed by atoms with E-state index in [4.69, 9.17) is 10.5 Å². The van der Waals surface area contributed by atoms with Gasteiger partial charge in [0.2, 0.25) is 0 Å². The topological polar surface area (TPSA) is 51.4 Å². The van der Waals surface area contributed by atoms with Crippen molar-refractivity contribution in [3.05, 3.63) is 23.4 Å². The van der Waals surface area contributed by atoms with Gasteiger partial charge in [0.15, 0.2) is 0 Å². The predicted octanol–water partition coefficient (Wildman–Crippen LogP) is 1.07. The van der Waals surface area contributed by atoms with Crippen molar-refractivity contribution in [2.24, 2.45) is 5.73 Å². The number of anilines is 1. The highest BCUT2D eigenvalue weighted by Crippen LogP contribution is 2.21. The molecule has 0 bridgehead atoms. The zero-order chi connectivity index (χ0) is 11.5. The fourth-order valence-corrected chi connectivity index (χ4v) is 2.13. The van der Waals surface area contributed by atoms with Gasteiger partial charge < -0.3 is 15.4 Å². The number of pyridine rings is 1. The molecule has 2 N–H and O–H groups in total. The lowest BCUT2D eigenvalue weighted by molar-refractivity contribution is 0.121. The van der Waals surface area contributed by atoms with Crippen molar-refractivity contribution in [2.75, 3.05) is 25.1 Å². The van der Waals surface area contributed by atoms with Gasteiger partial charge in [-0.2, -0.15) is 0 Å². The van der Waals surface area contributed by atoms with Crippen molar-refractivity contribution in [2.45, 2.75) is 26.0 Å². The first-order valence-corrected chi connectivity index (χ1v) is 5.68. The molecule has 4 nitrogen and oxygen atoms in total. The Balaban J connectivity index is 2.17. The first kappa shape index (κ1) is 11.4. The Labute approximate surface area is 96.4 Å². The van der Waals surface area contributed by atoms with Gasteiger partial charge in [-0.25, -0.2) is 4.98 Å². The monoisotopic (exact) mass is 221 g/mol. The van der Waals surface area contributed by atoms with Crippen LogP contribution in [0.5, 0.6) is 0 Å². The second-order valence-electron chi connectivity index (χ2n) is 4.27. The van der Waals surface area contributed by atoms with Crippen molar-refractivity contribution >= 4 is 5.82 Å². The summed E-state index contributed by atoms with van der Waals surface area (Å²) in [5, 5.41) is 0. The van der Waals surface area contributed by atoms with Crippen LogP contribution in [-0.4, -0.2) is 31.3 Å². The predicted molar refractivity (Wildman–Crippen MR) is 64.5 cm³/mol. The summed E-state index contributed by atoms with van der Waals surface area (Å²) in [6.07, 6.45) is 1.41. The van der Waals surface area contributed by atoms with Crippen LogP contribution in [0.3, 0.4) is 0 Å². The maximum Gasteiger partial charge on any atom is 0.129 e. The lowest BCUT2D eigenvalue weighted by Gasteiger charge is -2.18. The summed E-state index contributed by atoms with van der Waals surface area (Å²) in [6, 6.07) is 4.11. The molecule has 1 aromatic heterocycles. The third kappa shape index (κ3) is 2.33. The second kappa shape index (κ2) is 4.80. The van der Waals surface area contributed by atoms with E-state index in [-0.39, 0.29) is 0 Å². The molecule has 88 valence electrons. The number of nitrogens with two attached hydrogens (primary N) is 1.